The molecule has 2 aromatic carbocycles. The van der Waals surface area contributed by atoms with Crippen molar-refractivity contribution in [1.82, 2.24) is 14.8 Å². The normalized spacial score (nSPS) is 14.4. The number of hydrogen-bond donors (Lipinski definition) is 1. The Bertz CT molecular complexity index is 1260. The molecule has 1 aliphatic rings. The monoisotopic (exact) mass is 558 g/mol. The molecule has 1 unspecified atom stereocenters. The molecule has 2 heterocycles. The van der Waals surface area contributed by atoms with Crippen molar-refractivity contribution in [2.75, 3.05) is 38.6 Å². The van der Waals surface area contributed by atoms with Crippen LogP contribution in [0.15, 0.2) is 63.8 Å². The number of amides is 3. The van der Waals surface area contributed by atoms with E-state index in [0.717, 1.165) is 20.2 Å². The maximum Gasteiger partial charge on any atom is 0.257 e. The molecule has 1 aliphatic heterocycles. The minimum atomic E-state index is -0.731. The van der Waals surface area contributed by atoms with E-state index < -0.39 is 6.10 Å². The number of piperazine rings is 1. The third kappa shape index (κ3) is 6.89. The summed E-state index contributed by atoms with van der Waals surface area (Å²) in [5.41, 5.74) is 2.23. The van der Waals surface area contributed by atoms with E-state index in [4.69, 9.17) is 16.3 Å². The number of aromatic nitrogens is 1. The molecule has 194 valence electrons. The Balaban J connectivity index is 1.39. The first-order valence-electron chi connectivity index (χ1n) is 11.6. The van der Waals surface area contributed by atoms with Crippen LogP contribution in [0.5, 0.6) is 0 Å². The number of anilines is 1. The lowest BCUT2D eigenvalue weighted by atomic mass is 10.1. The standard InChI is InChI=1S/C26H27ClN4O4S2/c1-17(32)30-10-12-31(13-11-30)25(34)23(35-2)20-4-3-5-21(14-20)36-22-16-28-26(37-22)29-24(33)19-8-6-18(15-27)7-9-19/h3-9,14,16,23H,10-13,15H2,1-2H3,(H,28,29,33). The molecular formula is C26H27ClN4O4S2. The van der Waals surface area contributed by atoms with Crippen LogP contribution >= 0.6 is 34.7 Å². The molecule has 0 aliphatic carbocycles. The fourth-order valence-electron chi connectivity index (χ4n) is 3.92. The van der Waals surface area contributed by atoms with E-state index in [1.54, 1.807) is 35.1 Å². The summed E-state index contributed by atoms with van der Waals surface area (Å²) in [4.78, 5) is 46.0. The van der Waals surface area contributed by atoms with E-state index in [9.17, 15) is 14.4 Å². The lowest BCUT2D eigenvalue weighted by molar-refractivity contribution is -0.146. The lowest BCUT2D eigenvalue weighted by Crippen LogP contribution is -2.51. The van der Waals surface area contributed by atoms with E-state index in [0.29, 0.717) is 42.8 Å². The molecule has 8 nitrogen and oxygen atoms in total. The number of carbonyl (C=O) groups excluding carboxylic acids is 3. The zero-order chi connectivity index (χ0) is 26.4. The quantitative estimate of drug-likeness (QED) is 0.404. The van der Waals surface area contributed by atoms with E-state index in [1.807, 2.05) is 36.4 Å². The van der Waals surface area contributed by atoms with Gasteiger partial charge in [-0.05, 0) is 35.4 Å². The Morgan fingerprint density at radius 2 is 1.81 bits per heavy atom. The average Bonchev–Trinajstić information content (AvgIpc) is 3.35. The van der Waals surface area contributed by atoms with Gasteiger partial charge in [-0.1, -0.05) is 47.4 Å². The first kappa shape index (κ1) is 27.1. The Morgan fingerprint density at radius 3 is 2.46 bits per heavy atom. The van der Waals surface area contributed by atoms with Gasteiger partial charge in [0.05, 0.1) is 10.4 Å². The molecule has 0 bridgehead atoms. The molecule has 3 aromatic rings. The van der Waals surface area contributed by atoms with Crippen molar-refractivity contribution in [1.29, 1.82) is 0 Å². The summed E-state index contributed by atoms with van der Waals surface area (Å²) in [5, 5.41) is 3.33. The van der Waals surface area contributed by atoms with Crippen LogP contribution in [0.2, 0.25) is 0 Å². The van der Waals surface area contributed by atoms with Crippen molar-refractivity contribution in [2.45, 2.75) is 28.0 Å². The van der Waals surface area contributed by atoms with Crippen LogP contribution in [-0.2, 0) is 20.2 Å². The third-order valence-corrected chi connectivity index (χ3v) is 8.26. The SMILES string of the molecule is COC(C(=O)N1CCN(C(C)=O)CC1)c1cccc(Sc2cnc(NC(=O)c3ccc(CCl)cc3)s2)c1. The lowest BCUT2D eigenvalue weighted by Gasteiger charge is -2.35. The van der Waals surface area contributed by atoms with Gasteiger partial charge in [0.15, 0.2) is 11.2 Å². The van der Waals surface area contributed by atoms with Crippen molar-refractivity contribution in [3.05, 3.63) is 71.4 Å². The molecule has 11 heteroatoms. The van der Waals surface area contributed by atoms with Crippen LogP contribution in [0.3, 0.4) is 0 Å². The van der Waals surface area contributed by atoms with Crippen LogP contribution in [-0.4, -0.2) is 65.8 Å². The average molecular weight is 559 g/mol. The van der Waals surface area contributed by atoms with Crippen molar-refractivity contribution < 1.29 is 19.1 Å². The van der Waals surface area contributed by atoms with Crippen LogP contribution in [0.25, 0.3) is 0 Å². The van der Waals surface area contributed by atoms with Gasteiger partial charge >= 0.3 is 0 Å². The molecule has 4 rings (SSSR count). The topological polar surface area (TPSA) is 91.8 Å². The summed E-state index contributed by atoms with van der Waals surface area (Å²) >= 11 is 8.67. The van der Waals surface area contributed by atoms with Crippen molar-refractivity contribution in [2.24, 2.45) is 0 Å². The second-order valence-electron chi connectivity index (χ2n) is 8.39. The van der Waals surface area contributed by atoms with E-state index in [1.165, 1.54) is 30.2 Å². The second-order valence-corrected chi connectivity index (χ2v) is 11.1. The van der Waals surface area contributed by atoms with Crippen molar-refractivity contribution in [3.8, 4) is 0 Å². The Morgan fingerprint density at radius 1 is 1.11 bits per heavy atom. The van der Waals surface area contributed by atoms with Gasteiger partial charge < -0.3 is 14.5 Å². The number of ether oxygens (including phenoxy) is 1. The summed E-state index contributed by atoms with van der Waals surface area (Å²) in [7, 11) is 1.52. The number of hydrogen-bond acceptors (Lipinski definition) is 7. The highest BCUT2D eigenvalue weighted by Gasteiger charge is 2.29. The summed E-state index contributed by atoms with van der Waals surface area (Å²) in [6, 6.07) is 14.8. The second kappa shape index (κ2) is 12.6. The molecule has 1 fully saturated rings. The molecule has 0 radical (unpaired) electrons. The maximum absolute atomic E-state index is 13.2. The first-order chi connectivity index (χ1) is 17.9. The molecule has 3 amide bonds. The number of nitrogens with zero attached hydrogens (tertiary/aromatic N) is 3. The summed E-state index contributed by atoms with van der Waals surface area (Å²) in [6.07, 6.45) is 0.979. The van der Waals surface area contributed by atoms with Gasteiger partial charge in [-0.25, -0.2) is 4.98 Å². The number of alkyl halides is 1. The Labute approximate surface area is 229 Å². The van der Waals surface area contributed by atoms with Crippen LogP contribution in [0, 0.1) is 0 Å². The molecule has 1 aromatic heterocycles. The minimum absolute atomic E-state index is 0.0202. The van der Waals surface area contributed by atoms with E-state index in [2.05, 4.69) is 10.3 Å². The highest BCUT2D eigenvalue weighted by molar-refractivity contribution is 8.01. The molecule has 0 spiro atoms. The molecule has 1 atom stereocenters. The number of benzene rings is 2. The first-order valence-corrected chi connectivity index (χ1v) is 13.8. The van der Waals surface area contributed by atoms with E-state index in [-0.39, 0.29) is 17.7 Å². The maximum atomic E-state index is 13.2. The zero-order valence-electron chi connectivity index (χ0n) is 20.5. The largest absolute Gasteiger partial charge is 0.367 e. The van der Waals surface area contributed by atoms with Crippen LogP contribution < -0.4 is 5.32 Å². The molecule has 37 heavy (non-hydrogen) atoms. The zero-order valence-corrected chi connectivity index (χ0v) is 22.9. The molecule has 1 saturated heterocycles. The number of halogens is 1. The van der Waals surface area contributed by atoms with Crippen LogP contribution in [0.1, 0.15) is 34.5 Å². The van der Waals surface area contributed by atoms with Gasteiger partial charge in [0.1, 0.15) is 0 Å². The molecular weight excluding hydrogens is 532 g/mol. The predicted octanol–water partition coefficient (Wildman–Crippen LogP) is 4.66. The van der Waals surface area contributed by atoms with Gasteiger partial charge in [-0.2, -0.15) is 0 Å². The van der Waals surface area contributed by atoms with Gasteiger partial charge in [0.2, 0.25) is 5.91 Å². The van der Waals surface area contributed by atoms with Gasteiger partial charge in [-0.3, -0.25) is 19.7 Å². The Kier molecular flexibility index (Phi) is 9.20. The predicted molar refractivity (Wildman–Crippen MR) is 145 cm³/mol. The number of nitrogens with one attached hydrogen (secondary N) is 1. The molecule has 1 N–H and O–H groups in total. The number of methoxy groups -OCH3 is 1. The summed E-state index contributed by atoms with van der Waals surface area (Å²) in [5.74, 6) is 0.0641. The number of carbonyl (C=O) groups is 3. The van der Waals surface area contributed by atoms with Crippen molar-refractivity contribution >= 4 is 57.6 Å². The minimum Gasteiger partial charge on any atom is -0.367 e. The number of thiazole rings is 1. The smallest absolute Gasteiger partial charge is 0.257 e. The van der Waals surface area contributed by atoms with Crippen molar-refractivity contribution in [3.63, 3.8) is 0 Å². The summed E-state index contributed by atoms with van der Waals surface area (Å²) in [6.45, 7) is 3.56. The highest BCUT2D eigenvalue weighted by atomic mass is 35.5. The third-order valence-electron chi connectivity index (χ3n) is 5.95. The highest BCUT2D eigenvalue weighted by Crippen LogP contribution is 2.35. The van der Waals surface area contributed by atoms with Gasteiger partial charge in [0.25, 0.3) is 11.8 Å². The van der Waals surface area contributed by atoms with Gasteiger partial charge in [-0.15, -0.1) is 11.6 Å². The fourth-order valence-corrected chi connectivity index (χ4v) is 6.02. The Hall–Kier alpha value is -2.92. The van der Waals surface area contributed by atoms with Crippen LogP contribution in [0.4, 0.5) is 5.13 Å². The fraction of sp³-hybridized carbons (Fsp3) is 0.308. The number of rotatable bonds is 8. The van der Waals surface area contributed by atoms with Gasteiger partial charge in [0, 0.05) is 56.6 Å². The molecule has 0 saturated carbocycles. The summed E-state index contributed by atoms with van der Waals surface area (Å²) < 4.78 is 6.48. The van der Waals surface area contributed by atoms with E-state index >= 15 is 0 Å².